The van der Waals surface area contributed by atoms with Gasteiger partial charge in [-0.25, -0.2) is 0 Å². The summed E-state index contributed by atoms with van der Waals surface area (Å²) in [6, 6.07) is 8.95. The fraction of sp³-hybridized carbons (Fsp3) is 0.300. The smallest absolute Gasteiger partial charge is 0.313 e. The van der Waals surface area contributed by atoms with E-state index in [0.717, 1.165) is 0 Å². The van der Waals surface area contributed by atoms with Crippen LogP contribution in [0.1, 0.15) is 23.2 Å². The second-order valence-electron chi connectivity index (χ2n) is 6.91. The van der Waals surface area contributed by atoms with Crippen LogP contribution in [0.3, 0.4) is 0 Å². The highest BCUT2D eigenvalue weighted by Gasteiger charge is 2.25. The number of nitrogens with zero attached hydrogens (tertiary/aromatic N) is 3. The van der Waals surface area contributed by atoms with Crippen LogP contribution in [0, 0.1) is 16.0 Å². The maximum Gasteiger partial charge on any atom is 0.313 e. The molecule has 2 aromatic rings. The molecule has 10 heteroatoms. The van der Waals surface area contributed by atoms with Gasteiger partial charge in [-0.1, -0.05) is 12.1 Å². The van der Waals surface area contributed by atoms with Crippen molar-refractivity contribution in [3.8, 4) is 0 Å². The summed E-state index contributed by atoms with van der Waals surface area (Å²) in [6.07, 6.45) is 4.54. The molecular formula is C20H21N5O5. The largest absolute Gasteiger partial charge is 0.348 e. The Bertz CT molecular complexity index is 942. The van der Waals surface area contributed by atoms with E-state index in [0.29, 0.717) is 38.0 Å². The maximum absolute atomic E-state index is 12.4. The second kappa shape index (κ2) is 9.59. The van der Waals surface area contributed by atoms with Crippen molar-refractivity contribution in [2.24, 2.45) is 5.92 Å². The molecule has 30 heavy (non-hydrogen) atoms. The Morgan fingerprint density at radius 1 is 1.07 bits per heavy atom. The third-order valence-electron chi connectivity index (χ3n) is 4.94. The number of benzene rings is 1. The number of hydrogen-bond donors (Lipinski definition) is 2. The minimum Gasteiger partial charge on any atom is -0.348 e. The molecule has 1 aromatic heterocycles. The Labute approximate surface area is 172 Å². The summed E-state index contributed by atoms with van der Waals surface area (Å²) in [4.78, 5) is 52.6. The summed E-state index contributed by atoms with van der Waals surface area (Å²) in [5.41, 5.74) is 0.263. The van der Waals surface area contributed by atoms with Crippen LogP contribution in [0.5, 0.6) is 0 Å². The zero-order valence-corrected chi connectivity index (χ0v) is 16.1. The van der Waals surface area contributed by atoms with E-state index in [2.05, 4.69) is 15.6 Å². The van der Waals surface area contributed by atoms with Crippen molar-refractivity contribution in [2.75, 3.05) is 25.0 Å². The lowest BCUT2D eigenvalue weighted by Crippen LogP contribution is -2.43. The molecule has 156 valence electrons. The number of nitro benzene ring substituents is 1. The number of anilines is 1. The van der Waals surface area contributed by atoms with Gasteiger partial charge in [0.15, 0.2) is 0 Å². The standard InChI is InChI=1S/C20H21N5O5/c26-18(19(27)23-16-3-1-2-4-17(16)25(29)30)22-13-14-7-11-24(12-8-14)20(28)15-5-9-21-10-6-15/h1-6,9-10,14H,7-8,11-13H2,(H,22,26)(H,23,27). The predicted octanol–water partition coefficient (Wildman–Crippen LogP) is 1.60. The first kappa shape index (κ1) is 20.9. The van der Waals surface area contributed by atoms with Crippen LogP contribution in [0.25, 0.3) is 0 Å². The van der Waals surface area contributed by atoms with E-state index in [-0.39, 0.29) is 23.2 Å². The van der Waals surface area contributed by atoms with Gasteiger partial charge in [0.25, 0.3) is 11.6 Å². The zero-order chi connectivity index (χ0) is 21.5. The van der Waals surface area contributed by atoms with Gasteiger partial charge in [-0.2, -0.15) is 0 Å². The summed E-state index contributed by atoms with van der Waals surface area (Å²) in [7, 11) is 0. The van der Waals surface area contributed by atoms with Gasteiger partial charge < -0.3 is 15.5 Å². The van der Waals surface area contributed by atoms with Crippen LogP contribution in [0.2, 0.25) is 0 Å². The van der Waals surface area contributed by atoms with Gasteiger partial charge in [-0.3, -0.25) is 29.5 Å². The van der Waals surface area contributed by atoms with Crippen molar-refractivity contribution in [3.05, 3.63) is 64.5 Å². The molecule has 3 amide bonds. The Morgan fingerprint density at radius 2 is 1.73 bits per heavy atom. The SMILES string of the molecule is O=C(NCC1CCN(C(=O)c2ccncc2)CC1)C(=O)Nc1ccccc1[N+](=O)[O-]. The fourth-order valence-corrected chi connectivity index (χ4v) is 3.25. The molecule has 0 unspecified atom stereocenters. The Hall–Kier alpha value is -3.82. The molecule has 1 aliphatic rings. The van der Waals surface area contributed by atoms with Crippen molar-refractivity contribution in [3.63, 3.8) is 0 Å². The molecule has 10 nitrogen and oxygen atoms in total. The highest BCUT2D eigenvalue weighted by molar-refractivity contribution is 6.39. The van der Waals surface area contributed by atoms with Crippen molar-refractivity contribution >= 4 is 29.1 Å². The van der Waals surface area contributed by atoms with E-state index >= 15 is 0 Å². The third-order valence-corrected chi connectivity index (χ3v) is 4.94. The fourth-order valence-electron chi connectivity index (χ4n) is 3.25. The first-order valence-electron chi connectivity index (χ1n) is 9.47. The van der Waals surface area contributed by atoms with Gasteiger partial charge in [0.1, 0.15) is 5.69 Å². The Kier molecular flexibility index (Phi) is 6.68. The number of carbonyl (C=O) groups is 3. The van der Waals surface area contributed by atoms with E-state index in [1.54, 1.807) is 29.4 Å². The number of para-hydroxylation sites is 2. The Balaban J connectivity index is 1.45. The molecule has 1 aromatic carbocycles. The third kappa shape index (κ3) is 5.16. The number of nitro groups is 1. The number of nitrogens with one attached hydrogen (secondary N) is 2. The number of hydrogen-bond acceptors (Lipinski definition) is 6. The molecule has 0 atom stereocenters. The van der Waals surface area contributed by atoms with Crippen molar-refractivity contribution in [1.29, 1.82) is 0 Å². The van der Waals surface area contributed by atoms with Gasteiger partial charge in [-0.15, -0.1) is 0 Å². The highest BCUT2D eigenvalue weighted by Crippen LogP contribution is 2.23. The van der Waals surface area contributed by atoms with Crippen LogP contribution in [-0.4, -0.2) is 52.2 Å². The lowest BCUT2D eigenvalue weighted by atomic mass is 9.96. The molecule has 3 rings (SSSR count). The summed E-state index contributed by atoms with van der Waals surface area (Å²) < 4.78 is 0. The van der Waals surface area contributed by atoms with Crippen LogP contribution in [-0.2, 0) is 9.59 Å². The van der Waals surface area contributed by atoms with Crippen molar-refractivity contribution in [1.82, 2.24) is 15.2 Å². The first-order valence-corrected chi connectivity index (χ1v) is 9.47. The van der Waals surface area contributed by atoms with E-state index in [4.69, 9.17) is 0 Å². The summed E-state index contributed by atoms with van der Waals surface area (Å²) >= 11 is 0. The van der Waals surface area contributed by atoms with Crippen molar-refractivity contribution < 1.29 is 19.3 Å². The second-order valence-corrected chi connectivity index (χ2v) is 6.91. The number of aromatic nitrogens is 1. The quantitative estimate of drug-likeness (QED) is 0.436. The molecule has 1 aliphatic heterocycles. The number of piperidine rings is 1. The molecule has 1 saturated heterocycles. The minimum atomic E-state index is -0.963. The maximum atomic E-state index is 12.4. The summed E-state index contributed by atoms with van der Waals surface area (Å²) in [5, 5.41) is 15.8. The molecule has 0 spiro atoms. The molecule has 1 fully saturated rings. The number of amides is 3. The lowest BCUT2D eigenvalue weighted by molar-refractivity contribution is -0.383. The normalized spacial score (nSPS) is 14.1. The average molecular weight is 411 g/mol. The summed E-state index contributed by atoms with van der Waals surface area (Å²) in [5.74, 6) is -1.74. The Morgan fingerprint density at radius 3 is 2.40 bits per heavy atom. The molecule has 0 aliphatic carbocycles. The van der Waals surface area contributed by atoms with E-state index in [1.165, 1.54) is 24.3 Å². The number of likely N-dealkylation sites (tertiary alicyclic amines) is 1. The molecular weight excluding hydrogens is 390 g/mol. The molecule has 0 radical (unpaired) electrons. The molecule has 0 saturated carbocycles. The monoisotopic (exact) mass is 411 g/mol. The van der Waals surface area contributed by atoms with E-state index < -0.39 is 16.7 Å². The van der Waals surface area contributed by atoms with Crippen LogP contribution in [0.15, 0.2) is 48.8 Å². The number of rotatable bonds is 5. The van der Waals surface area contributed by atoms with Gasteiger partial charge in [-0.05, 0) is 37.0 Å². The van der Waals surface area contributed by atoms with Crippen LogP contribution >= 0.6 is 0 Å². The van der Waals surface area contributed by atoms with Gasteiger partial charge in [0.05, 0.1) is 4.92 Å². The summed E-state index contributed by atoms with van der Waals surface area (Å²) in [6.45, 7) is 1.41. The van der Waals surface area contributed by atoms with Crippen molar-refractivity contribution in [2.45, 2.75) is 12.8 Å². The average Bonchev–Trinajstić information content (AvgIpc) is 2.78. The van der Waals surface area contributed by atoms with Gasteiger partial charge >= 0.3 is 11.8 Å². The van der Waals surface area contributed by atoms with E-state index in [1.807, 2.05) is 0 Å². The number of pyridine rings is 1. The lowest BCUT2D eigenvalue weighted by Gasteiger charge is -2.32. The topological polar surface area (TPSA) is 135 Å². The van der Waals surface area contributed by atoms with Gasteiger partial charge in [0.2, 0.25) is 0 Å². The van der Waals surface area contributed by atoms with Crippen LogP contribution in [0.4, 0.5) is 11.4 Å². The predicted molar refractivity (Wildman–Crippen MR) is 108 cm³/mol. The zero-order valence-electron chi connectivity index (χ0n) is 16.1. The van der Waals surface area contributed by atoms with Crippen LogP contribution < -0.4 is 10.6 Å². The first-order chi connectivity index (χ1) is 14.5. The minimum absolute atomic E-state index is 0.0365. The highest BCUT2D eigenvalue weighted by atomic mass is 16.6. The molecule has 0 bridgehead atoms. The number of carbonyl (C=O) groups excluding carboxylic acids is 3. The molecule has 2 N–H and O–H groups in total. The van der Waals surface area contributed by atoms with Gasteiger partial charge in [0, 0.05) is 43.7 Å². The molecule has 2 heterocycles. The van der Waals surface area contributed by atoms with E-state index in [9.17, 15) is 24.5 Å².